The molecule has 1 heterocycles. The van der Waals surface area contributed by atoms with E-state index in [9.17, 15) is 4.39 Å². The molecule has 0 radical (unpaired) electrons. The minimum absolute atomic E-state index is 0.263. The van der Waals surface area contributed by atoms with Gasteiger partial charge in [-0.25, -0.2) is 9.37 Å². The van der Waals surface area contributed by atoms with Gasteiger partial charge in [0.1, 0.15) is 10.8 Å². The second-order valence-corrected chi connectivity index (χ2v) is 4.63. The Balaban J connectivity index is 2.21. The normalized spacial score (nSPS) is 10.3. The Kier molecular flexibility index (Phi) is 4.04. The Bertz CT molecular complexity index is 548. The van der Waals surface area contributed by atoms with E-state index in [0.29, 0.717) is 18.2 Å². The number of nitrogens with two attached hydrogens (primary N) is 1. The first-order valence-corrected chi connectivity index (χ1v) is 6.33. The summed E-state index contributed by atoms with van der Waals surface area (Å²) in [5, 5.41) is 0.721. The number of anilines is 1. The minimum atomic E-state index is -0.263. The minimum Gasteiger partial charge on any atom is -0.476 e. The summed E-state index contributed by atoms with van der Waals surface area (Å²) in [5.41, 5.74) is 6.24. The lowest BCUT2D eigenvalue weighted by atomic mass is 10.4. The van der Waals surface area contributed by atoms with Gasteiger partial charge in [0.25, 0.3) is 0 Å². The largest absolute Gasteiger partial charge is 0.476 e. The van der Waals surface area contributed by atoms with Crippen molar-refractivity contribution in [2.24, 2.45) is 0 Å². The maximum absolute atomic E-state index is 13.1. The summed E-state index contributed by atoms with van der Waals surface area (Å²) >= 11 is 1.36. The van der Waals surface area contributed by atoms with Gasteiger partial charge in [-0.1, -0.05) is 17.8 Å². The van der Waals surface area contributed by atoms with E-state index in [1.54, 1.807) is 18.2 Å². The molecular weight excluding hydrogens is 251 g/mol. The highest BCUT2D eigenvalue weighted by atomic mass is 32.2. The van der Waals surface area contributed by atoms with Crippen LogP contribution < -0.4 is 10.5 Å². The lowest BCUT2D eigenvalue weighted by molar-refractivity contribution is 0.326. The van der Waals surface area contributed by atoms with E-state index in [-0.39, 0.29) is 5.82 Å². The Morgan fingerprint density at radius 3 is 2.89 bits per heavy atom. The second-order valence-electron chi connectivity index (χ2n) is 3.54. The van der Waals surface area contributed by atoms with Gasteiger partial charge in [-0.3, -0.25) is 0 Å². The van der Waals surface area contributed by atoms with E-state index in [1.165, 1.54) is 23.9 Å². The number of pyridine rings is 1. The van der Waals surface area contributed by atoms with Crippen molar-refractivity contribution in [3.63, 3.8) is 0 Å². The van der Waals surface area contributed by atoms with Gasteiger partial charge in [-0.15, -0.1) is 0 Å². The SMILES string of the molecule is CCOc1nc(Sc2cccc(F)c2)ccc1N. The van der Waals surface area contributed by atoms with Crippen LogP contribution in [0.2, 0.25) is 0 Å². The standard InChI is InChI=1S/C13H13FN2OS/c1-2-17-13-11(15)6-7-12(16-13)18-10-5-3-4-9(14)8-10/h3-8H,2,15H2,1H3. The Hall–Kier alpha value is -1.75. The van der Waals surface area contributed by atoms with Crippen LogP contribution in [0.5, 0.6) is 5.88 Å². The number of halogens is 1. The third kappa shape index (κ3) is 3.13. The number of nitrogens with zero attached hydrogens (tertiary/aromatic N) is 1. The second kappa shape index (κ2) is 5.73. The molecule has 0 bridgehead atoms. The van der Waals surface area contributed by atoms with Crippen molar-refractivity contribution in [2.75, 3.05) is 12.3 Å². The number of nitrogen functional groups attached to an aromatic ring is 1. The van der Waals surface area contributed by atoms with Crippen LogP contribution in [0.15, 0.2) is 46.3 Å². The maximum Gasteiger partial charge on any atom is 0.238 e. The lowest BCUT2D eigenvalue weighted by Crippen LogP contribution is -1.99. The summed E-state index contributed by atoms with van der Waals surface area (Å²) in [6.45, 7) is 2.37. The van der Waals surface area contributed by atoms with Gasteiger partial charge in [0.2, 0.25) is 5.88 Å². The average Bonchev–Trinajstić information content (AvgIpc) is 2.34. The lowest BCUT2D eigenvalue weighted by Gasteiger charge is -2.07. The van der Waals surface area contributed by atoms with Crippen LogP contribution in [0.3, 0.4) is 0 Å². The zero-order chi connectivity index (χ0) is 13.0. The molecule has 3 nitrogen and oxygen atoms in total. The van der Waals surface area contributed by atoms with E-state index in [1.807, 2.05) is 13.0 Å². The molecule has 0 amide bonds. The summed E-state index contributed by atoms with van der Waals surface area (Å²) < 4.78 is 18.4. The third-order valence-corrected chi connectivity index (χ3v) is 3.09. The number of hydrogen-bond acceptors (Lipinski definition) is 4. The maximum atomic E-state index is 13.1. The van der Waals surface area contributed by atoms with Crippen LogP contribution in [0.1, 0.15) is 6.92 Å². The predicted octanol–water partition coefficient (Wildman–Crippen LogP) is 3.35. The Morgan fingerprint density at radius 2 is 2.17 bits per heavy atom. The molecule has 94 valence electrons. The van der Waals surface area contributed by atoms with Crippen LogP contribution in [0.25, 0.3) is 0 Å². The molecule has 0 aliphatic heterocycles. The number of benzene rings is 1. The first kappa shape index (κ1) is 12.7. The molecule has 0 unspecified atom stereocenters. The van der Waals surface area contributed by atoms with Gasteiger partial charge in [0.05, 0.1) is 12.3 Å². The first-order valence-electron chi connectivity index (χ1n) is 5.52. The van der Waals surface area contributed by atoms with Crippen LogP contribution in [0.4, 0.5) is 10.1 Å². The molecule has 2 N–H and O–H groups in total. The molecule has 0 atom stereocenters. The molecule has 0 saturated carbocycles. The fourth-order valence-electron chi connectivity index (χ4n) is 1.39. The predicted molar refractivity (Wildman–Crippen MR) is 70.3 cm³/mol. The molecule has 0 aliphatic rings. The molecule has 0 spiro atoms. The zero-order valence-corrected chi connectivity index (χ0v) is 10.7. The highest BCUT2D eigenvalue weighted by Gasteiger charge is 2.05. The Morgan fingerprint density at radius 1 is 1.33 bits per heavy atom. The molecule has 1 aromatic carbocycles. The zero-order valence-electron chi connectivity index (χ0n) is 9.89. The highest BCUT2D eigenvalue weighted by molar-refractivity contribution is 7.99. The molecule has 0 aliphatic carbocycles. The van der Waals surface area contributed by atoms with E-state index >= 15 is 0 Å². The van der Waals surface area contributed by atoms with Crippen molar-refractivity contribution in [1.82, 2.24) is 4.98 Å². The topological polar surface area (TPSA) is 48.1 Å². The van der Waals surface area contributed by atoms with E-state index in [2.05, 4.69) is 4.98 Å². The summed E-state index contributed by atoms with van der Waals surface area (Å²) in [6.07, 6.45) is 0. The number of ether oxygens (including phenoxy) is 1. The monoisotopic (exact) mass is 264 g/mol. The summed E-state index contributed by atoms with van der Waals surface area (Å²) in [5.74, 6) is 0.152. The summed E-state index contributed by atoms with van der Waals surface area (Å²) in [7, 11) is 0. The van der Waals surface area contributed by atoms with E-state index in [0.717, 1.165) is 9.92 Å². The Labute approximate surface area is 109 Å². The average molecular weight is 264 g/mol. The van der Waals surface area contributed by atoms with Crippen LogP contribution in [-0.2, 0) is 0 Å². The fraction of sp³-hybridized carbons (Fsp3) is 0.154. The van der Waals surface area contributed by atoms with Gasteiger partial charge in [0.15, 0.2) is 0 Å². The van der Waals surface area contributed by atoms with Crippen molar-refractivity contribution in [1.29, 1.82) is 0 Å². The van der Waals surface area contributed by atoms with E-state index in [4.69, 9.17) is 10.5 Å². The van der Waals surface area contributed by atoms with Crippen LogP contribution in [-0.4, -0.2) is 11.6 Å². The summed E-state index contributed by atoms with van der Waals surface area (Å²) in [4.78, 5) is 5.07. The molecular formula is C13H13FN2OS. The van der Waals surface area contributed by atoms with Crippen molar-refractivity contribution < 1.29 is 9.13 Å². The molecule has 2 aromatic rings. The van der Waals surface area contributed by atoms with Crippen LogP contribution >= 0.6 is 11.8 Å². The fourth-order valence-corrected chi connectivity index (χ4v) is 2.22. The van der Waals surface area contributed by atoms with Crippen LogP contribution in [0, 0.1) is 5.82 Å². The smallest absolute Gasteiger partial charge is 0.238 e. The van der Waals surface area contributed by atoms with Gasteiger partial charge < -0.3 is 10.5 Å². The molecule has 1 aromatic heterocycles. The molecule has 2 rings (SSSR count). The van der Waals surface area contributed by atoms with Crippen molar-refractivity contribution in [2.45, 2.75) is 16.8 Å². The summed E-state index contributed by atoms with van der Waals surface area (Å²) in [6, 6.07) is 9.88. The first-order chi connectivity index (χ1) is 8.69. The van der Waals surface area contributed by atoms with Gasteiger partial charge >= 0.3 is 0 Å². The van der Waals surface area contributed by atoms with Crippen molar-refractivity contribution >= 4 is 17.4 Å². The number of aromatic nitrogens is 1. The highest BCUT2D eigenvalue weighted by Crippen LogP contribution is 2.30. The molecule has 0 saturated heterocycles. The number of hydrogen-bond donors (Lipinski definition) is 1. The number of rotatable bonds is 4. The van der Waals surface area contributed by atoms with Gasteiger partial charge in [-0.2, -0.15) is 0 Å². The van der Waals surface area contributed by atoms with Gasteiger partial charge in [0, 0.05) is 4.90 Å². The molecule has 18 heavy (non-hydrogen) atoms. The molecule has 0 fully saturated rings. The third-order valence-electron chi connectivity index (χ3n) is 2.16. The van der Waals surface area contributed by atoms with Gasteiger partial charge in [-0.05, 0) is 37.3 Å². The van der Waals surface area contributed by atoms with E-state index < -0.39 is 0 Å². The quantitative estimate of drug-likeness (QED) is 0.920. The molecule has 5 heteroatoms. The van der Waals surface area contributed by atoms with Crippen molar-refractivity contribution in [3.8, 4) is 5.88 Å². The van der Waals surface area contributed by atoms with Crippen molar-refractivity contribution in [3.05, 3.63) is 42.2 Å².